The normalized spacial score (nSPS) is 23.9. The van der Waals surface area contributed by atoms with Crippen molar-refractivity contribution in [2.45, 2.75) is 24.0 Å². The Morgan fingerprint density at radius 1 is 0.641 bits per heavy atom. The van der Waals surface area contributed by atoms with Crippen LogP contribution in [0, 0.1) is 0 Å². The summed E-state index contributed by atoms with van der Waals surface area (Å²) in [5, 5.41) is 2.56. The Balaban J connectivity index is 1.17. The summed E-state index contributed by atoms with van der Waals surface area (Å²) >= 11 is 0. The molecule has 0 saturated carbocycles. The average molecular weight is 503 g/mol. The molecule has 0 fully saturated rings. The van der Waals surface area contributed by atoms with Gasteiger partial charge in [-0.1, -0.05) is 78.9 Å². The van der Waals surface area contributed by atoms with Gasteiger partial charge in [0.2, 0.25) is 0 Å². The number of para-hydroxylation sites is 3. The van der Waals surface area contributed by atoms with Crippen molar-refractivity contribution in [2.75, 3.05) is 4.90 Å². The predicted molar refractivity (Wildman–Crippen MR) is 159 cm³/mol. The quantitative estimate of drug-likeness (QED) is 0.242. The zero-order valence-electron chi connectivity index (χ0n) is 21.3. The van der Waals surface area contributed by atoms with Gasteiger partial charge in [-0.3, -0.25) is 0 Å². The summed E-state index contributed by atoms with van der Waals surface area (Å²) in [6.07, 6.45) is 16.0. The van der Waals surface area contributed by atoms with E-state index < -0.39 is 0 Å². The summed E-state index contributed by atoms with van der Waals surface area (Å²) in [4.78, 5) is 2.52. The van der Waals surface area contributed by atoms with E-state index >= 15 is 0 Å². The van der Waals surface area contributed by atoms with Gasteiger partial charge in [0.05, 0.1) is 17.1 Å². The summed E-state index contributed by atoms with van der Waals surface area (Å²) in [6, 6.07) is 33.2. The van der Waals surface area contributed by atoms with Gasteiger partial charge >= 0.3 is 0 Å². The van der Waals surface area contributed by atoms with Crippen molar-refractivity contribution < 1.29 is 4.74 Å². The number of hydrogen-bond acceptors (Lipinski definition) is 2. The van der Waals surface area contributed by atoms with Crippen LogP contribution in [0.1, 0.15) is 23.0 Å². The SMILES string of the molecule is C1=CC2c3ccccc3N(C3=CC4c5cc(-n6c7ccccc7c7ccccc76)ccc5OC4C=C3)C2C=C1. The van der Waals surface area contributed by atoms with Crippen LogP contribution in [0.2, 0.25) is 0 Å². The summed E-state index contributed by atoms with van der Waals surface area (Å²) in [7, 11) is 0. The smallest absolute Gasteiger partial charge is 0.128 e. The van der Waals surface area contributed by atoms with E-state index in [1.54, 1.807) is 0 Å². The number of nitrogens with zero attached hydrogens (tertiary/aromatic N) is 2. The lowest BCUT2D eigenvalue weighted by molar-refractivity contribution is 0.268. The van der Waals surface area contributed by atoms with E-state index in [0.29, 0.717) is 12.0 Å². The Morgan fingerprint density at radius 2 is 1.38 bits per heavy atom. The molecule has 0 amide bonds. The first kappa shape index (κ1) is 21.2. The fraction of sp³-hybridized carbons (Fsp3) is 0.111. The van der Waals surface area contributed by atoms with Crippen LogP contribution >= 0.6 is 0 Å². The van der Waals surface area contributed by atoms with E-state index in [0.717, 1.165) is 5.75 Å². The Bertz CT molecular complexity index is 1880. The predicted octanol–water partition coefficient (Wildman–Crippen LogP) is 8.18. The number of aromatic nitrogens is 1. The summed E-state index contributed by atoms with van der Waals surface area (Å²) in [5.74, 6) is 1.53. The van der Waals surface area contributed by atoms with Gasteiger partial charge in [-0.05, 0) is 60.2 Å². The van der Waals surface area contributed by atoms with Crippen molar-refractivity contribution >= 4 is 27.5 Å². The van der Waals surface area contributed by atoms with Crippen molar-refractivity contribution in [2.24, 2.45) is 0 Å². The Kier molecular flexibility index (Phi) is 4.28. The zero-order valence-corrected chi connectivity index (χ0v) is 21.3. The second-order valence-corrected chi connectivity index (χ2v) is 10.9. The van der Waals surface area contributed by atoms with Crippen LogP contribution in [0.5, 0.6) is 5.75 Å². The highest BCUT2D eigenvalue weighted by molar-refractivity contribution is 6.09. The molecule has 1 aromatic heterocycles. The molecular weight excluding hydrogens is 476 g/mol. The number of rotatable bonds is 2. The minimum absolute atomic E-state index is 0.0209. The monoisotopic (exact) mass is 502 g/mol. The molecule has 4 aliphatic rings. The Hall–Kier alpha value is -4.76. The van der Waals surface area contributed by atoms with Gasteiger partial charge in [0.15, 0.2) is 0 Å². The first-order valence-corrected chi connectivity index (χ1v) is 13.8. The summed E-state index contributed by atoms with van der Waals surface area (Å²) < 4.78 is 8.85. The highest BCUT2D eigenvalue weighted by Crippen LogP contribution is 2.49. The lowest BCUT2D eigenvalue weighted by atomic mass is 9.89. The molecule has 3 heterocycles. The van der Waals surface area contributed by atoms with Crippen LogP contribution in [-0.2, 0) is 0 Å². The molecule has 186 valence electrons. The molecule has 0 N–H and O–H groups in total. The number of ether oxygens (including phenoxy) is 1. The lowest BCUT2D eigenvalue weighted by Gasteiger charge is -2.32. The number of hydrogen-bond donors (Lipinski definition) is 0. The van der Waals surface area contributed by atoms with Gasteiger partial charge in [-0.25, -0.2) is 0 Å². The van der Waals surface area contributed by atoms with E-state index in [-0.39, 0.29) is 12.0 Å². The molecule has 0 radical (unpaired) electrons. The van der Waals surface area contributed by atoms with Crippen LogP contribution in [0.15, 0.2) is 139 Å². The van der Waals surface area contributed by atoms with Crippen molar-refractivity contribution in [3.05, 3.63) is 150 Å². The molecule has 5 aromatic rings. The number of fused-ring (bicyclic) bond motifs is 9. The first-order valence-electron chi connectivity index (χ1n) is 13.8. The molecule has 4 atom stereocenters. The molecule has 0 bridgehead atoms. The zero-order chi connectivity index (χ0) is 25.5. The minimum atomic E-state index is 0.0209. The molecule has 2 aliphatic heterocycles. The molecule has 9 rings (SSSR count). The largest absolute Gasteiger partial charge is 0.485 e. The van der Waals surface area contributed by atoms with Crippen molar-refractivity contribution in [1.82, 2.24) is 4.57 Å². The minimum Gasteiger partial charge on any atom is -0.485 e. The van der Waals surface area contributed by atoms with Crippen LogP contribution in [0.3, 0.4) is 0 Å². The second kappa shape index (κ2) is 7.87. The van der Waals surface area contributed by atoms with Gasteiger partial charge < -0.3 is 14.2 Å². The maximum atomic E-state index is 6.46. The van der Waals surface area contributed by atoms with Crippen LogP contribution in [-0.4, -0.2) is 16.7 Å². The van der Waals surface area contributed by atoms with Crippen LogP contribution in [0.25, 0.3) is 27.5 Å². The van der Waals surface area contributed by atoms with Gasteiger partial charge in [0.1, 0.15) is 11.9 Å². The van der Waals surface area contributed by atoms with Crippen molar-refractivity contribution in [3.63, 3.8) is 0 Å². The maximum Gasteiger partial charge on any atom is 0.128 e. The number of benzene rings is 4. The van der Waals surface area contributed by atoms with Gasteiger partial charge in [0, 0.05) is 45.2 Å². The van der Waals surface area contributed by atoms with E-state index in [4.69, 9.17) is 4.74 Å². The molecule has 3 nitrogen and oxygen atoms in total. The molecule has 3 heteroatoms. The molecule has 0 saturated heterocycles. The molecule has 39 heavy (non-hydrogen) atoms. The Labute approximate surface area is 227 Å². The van der Waals surface area contributed by atoms with E-state index in [1.807, 2.05) is 0 Å². The number of allylic oxidation sites excluding steroid dienone is 3. The second-order valence-electron chi connectivity index (χ2n) is 10.9. The fourth-order valence-electron chi connectivity index (χ4n) is 7.17. The maximum absolute atomic E-state index is 6.46. The third kappa shape index (κ3) is 2.93. The molecular formula is C36H26N2O. The first-order chi connectivity index (χ1) is 19.3. The Morgan fingerprint density at radius 3 is 2.23 bits per heavy atom. The van der Waals surface area contributed by atoms with Crippen LogP contribution < -0.4 is 9.64 Å². The van der Waals surface area contributed by atoms with Gasteiger partial charge in [0.25, 0.3) is 0 Å². The molecule has 4 unspecified atom stereocenters. The van der Waals surface area contributed by atoms with Crippen molar-refractivity contribution in [3.8, 4) is 11.4 Å². The van der Waals surface area contributed by atoms with E-state index in [1.165, 1.54) is 50.0 Å². The van der Waals surface area contributed by atoms with E-state index in [9.17, 15) is 0 Å². The molecule has 0 spiro atoms. The lowest BCUT2D eigenvalue weighted by Crippen LogP contribution is -2.33. The summed E-state index contributed by atoms with van der Waals surface area (Å²) in [5.41, 5.74) is 8.83. The third-order valence-corrected chi connectivity index (χ3v) is 8.85. The van der Waals surface area contributed by atoms with E-state index in [2.05, 4.69) is 143 Å². The van der Waals surface area contributed by atoms with Crippen LogP contribution in [0.4, 0.5) is 5.69 Å². The van der Waals surface area contributed by atoms with Crippen molar-refractivity contribution in [1.29, 1.82) is 0 Å². The topological polar surface area (TPSA) is 17.4 Å². The number of anilines is 1. The third-order valence-electron chi connectivity index (χ3n) is 8.85. The summed E-state index contributed by atoms with van der Waals surface area (Å²) in [6.45, 7) is 0. The van der Waals surface area contributed by atoms with Gasteiger partial charge in [-0.2, -0.15) is 0 Å². The van der Waals surface area contributed by atoms with Gasteiger partial charge in [-0.15, -0.1) is 0 Å². The molecule has 4 aromatic carbocycles. The fourth-order valence-corrected chi connectivity index (χ4v) is 7.17. The average Bonchev–Trinajstić information content (AvgIpc) is 3.64. The molecule has 2 aliphatic carbocycles. The highest BCUT2D eigenvalue weighted by atomic mass is 16.5. The standard InChI is InChI=1S/C36H26N2O/c1-5-13-31-25(9-1)26-10-2-6-14-32(26)37(31)23-17-19-35-29(21-23)30-22-24(18-20-36(30)39-35)38-33-15-7-3-11-27(33)28-12-4-8-16-34(28)38/h1-22,25,29,31,35H. The highest BCUT2D eigenvalue weighted by Gasteiger charge is 2.40.